The van der Waals surface area contributed by atoms with Crippen LogP contribution in [0.15, 0.2) is 48.9 Å². The van der Waals surface area contributed by atoms with Crippen molar-refractivity contribution in [3.8, 4) is 11.3 Å². The number of nitrogens with two attached hydrogens (primary N) is 1. The molecule has 3 aromatic heterocycles. The summed E-state index contributed by atoms with van der Waals surface area (Å²) in [6.07, 6.45) is 6.16. The molecule has 1 saturated heterocycles. The van der Waals surface area contributed by atoms with E-state index in [0.29, 0.717) is 17.2 Å². The number of rotatable bonds is 6. The van der Waals surface area contributed by atoms with Crippen LogP contribution in [-0.4, -0.2) is 43.7 Å². The van der Waals surface area contributed by atoms with Crippen LogP contribution in [0.5, 0.6) is 0 Å². The van der Waals surface area contributed by atoms with Crippen LogP contribution in [0.4, 0.5) is 11.6 Å². The Bertz CT molecular complexity index is 1290. The molecule has 4 N–H and O–H groups in total. The van der Waals surface area contributed by atoms with Gasteiger partial charge in [0, 0.05) is 23.9 Å². The van der Waals surface area contributed by atoms with E-state index >= 15 is 0 Å². The smallest absolute Gasteiger partial charge is 0.256 e. The minimum absolute atomic E-state index is 0.210. The quantitative estimate of drug-likeness (QED) is 0.419. The molecule has 9 heteroatoms. The van der Waals surface area contributed by atoms with Gasteiger partial charge in [0.1, 0.15) is 23.7 Å². The van der Waals surface area contributed by atoms with Gasteiger partial charge in [-0.1, -0.05) is 25.5 Å². The zero-order valence-electron chi connectivity index (χ0n) is 18.5. The number of hydrogen-bond acceptors (Lipinski definition) is 7. The van der Waals surface area contributed by atoms with E-state index in [2.05, 4.69) is 32.5 Å². The third-order valence-electron chi connectivity index (χ3n) is 5.92. The second kappa shape index (κ2) is 8.95. The number of nitrogen functional groups attached to an aromatic ring is 1. The van der Waals surface area contributed by atoms with Gasteiger partial charge in [-0.3, -0.25) is 4.79 Å². The number of fused-ring (bicyclic) bond motifs is 1. The van der Waals surface area contributed by atoms with Crippen molar-refractivity contribution in [2.45, 2.75) is 32.2 Å². The zero-order valence-corrected chi connectivity index (χ0v) is 18.5. The highest BCUT2D eigenvalue weighted by Crippen LogP contribution is 2.32. The van der Waals surface area contributed by atoms with Crippen LogP contribution < -0.4 is 16.4 Å². The van der Waals surface area contributed by atoms with Crippen molar-refractivity contribution in [1.29, 1.82) is 0 Å². The lowest BCUT2D eigenvalue weighted by atomic mass is 10.1. The summed E-state index contributed by atoms with van der Waals surface area (Å²) >= 11 is 0. The number of pyridine rings is 1. The summed E-state index contributed by atoms with van der Waals surface area (Å²) in [5.74, 6) is 0.736. The third-order valence-corrected chi connectivity index (χ3v) is 5.92. The summed E-state index contributed by atoms with van der Waals surface area (Å²) in [6.45, 7) is 3.91. The van der Waals surface area contributed by atoms with Crippen molar-refractivity contribution in [2.75, 3.05) is 24.1 Å². The Morgan fingerprint density at radius 2 is 2.06 bits per heavy atom. The van der Waals surface area contributed by atoms with Crippen molar-refractivity contribution in [2.24, 2.45) is 0 Å². The molecular formula is C24H26N8O. The fourth-order valence-corrected chi connectivity index (χ4v) is 4.26. The van der Waals surface area contributed by atoms with E-state index in [1.165, 1.54) is 6.33 Å². The molecule has 9 nitrogen and oxygen atoms in total. The molecule has 1 atom stereocenters. The molecule has 0 spiro atoms. The van der Waals surface area contributed by atoms with Crippen LogP contribution in [-0.2, 0) is 6.42 Å². The molecule has 1 amide bonds. The minimum Gasteiger partial charge on any atom is -0.383 e. The Morgan fingerprint density at radius 3 is 2.82 bits per heavy atom. The van der Waals surface area contributed by atoms with Gasteiger partial charge >= 0.3 is 0 Å². The van der Waals surface area contributed by atoms with Gasteiger partial charge in [-0.2, -0.15) is 5.10 Å². The van der Waals surface area contributed by atoms with Crippen LogP contribution in [0.1, 0.15) is 41.7 Å². The number of amides is 1. The SMILES string of the molecule is CCCc1ccnc(NC(=O)c2ccc(-c3nn(C4CCNC4)c4ncnc(N)c34)cc2)c1. The first-order valence-electron chi connectivity index (χ1n) is 11.2. The van der Waals surface area contributed by atoms with E-state index in [4.69, 9.17) is 10.8 Å². The molecule has 0 aliphatic carbocycles. The van der Waals surface area contributed by atoms with Gasteiger partial charge in [0.25, 0.3) is 5.91 Å². The molecule has 4 heterocycles. The van der Waals surface area contributed by atoms with Crippen LogP contribution in [0.25, 0.3) is 22.3 Å². The van der Waals surface area contributed by atoms with Crippen LogP contribution in [0.2, 0.25) is 0 Å². The summed E-state index contributed by atoms with van der Waals surface area (Å²) < 4.78 is 1.94. The number of aromatic nitrogens is 5. The fourth-order valence-electron chi connectivity index (χ4n) is 4.26. The van der Waals surface area contributed by atoms with Crippen molar-refractivity contribution in [3.05, 3.63) is 60.0 Å². The molecule has 0 radical (unpaired) electrons. The standard InChI is InChI=1S/C24H26N8O/c1-2-3-15-8-11-27-19(12-15)30-24(33)17-6-4-16(5-7-17)21-20-22(25)28-14-29-23(20)32(31-21)18-9-10-26-13-18/h4-8,11-12,14,18,26H,2-3,9-10,13H2,1H3,(H2,25,28,29)(H,27,30,33). The number of benzene rings is 1. The number of carbonyl (C=O) groups is 1. The topological polar surface area (TPSA) is 124 Å². The van der Waals surface area contributed by atoms with Crippen LogP contribution >= 0.6 is 0 Å². The number of nitrogens with zero attached hydrogens (tertiary/aromatic N) is 5. The lowest BCUT2D eigenvalue weighted by molar-refractivity contribution is 0.102. The van der Waals surface area contributed by atoms with Crippen LogP contribution in [0.3, 0.4) is 0 Å². The Hall–Kier alpha value is -3.85. The number of aryl methyl sites for hydroxylation is 1. The second-order valence-electron chi connectivity index (χ2n) is 8.23. The first-order chi connectivity index (χ1) is 16.1. The largest absolute Gasteiger partial charge is 0.383 e. The number of hydrogen-bond donors (Lipinski definition) is 3. The Kier molecular flexibility index (Phi) is 5.70. The Morgan fingerprint density at radius 1 is 1.21 bits per heavy atom. The van der Waals surface area contributed by atoms with Gasteiger partial charge < -0.3 is 16.4 Å². The third kappa shape index (κ3) is 4.14. The van der Waals surface area contributed by atoms with E-state index in [9.17, 15) is 4.79 Å². The predicted molar refractivity (Wildman–Crippen MR) is 128 cm³/mol. The van der Waals surface area contributed by atoms with Gasteiger partial charge in [0.05, 0.1) is 11.4 Å². The molecule has 1 fully saturated rings. The molecule has 1 aliphatic rings. The fraction of sp³-hybridized carbons (Fsp3) is 0.292. The van der Waals surface area contributed by atoms with Crippen LogP contribution in [0, 0.1) is 0 Å². The second-order valence-corrected chi connectivity index (χ2v) is 8.23. The monoisotopic (exact) mass is 442 g/mol. The Balaban J connectivity index is 1.43. The van der Waals surface area contributed by atoms with E-state index in [1.807, 2.05) is 28.9 Å². The zero-order chi connectivity index (χ0) is 22.8. The summed E-state index contributed by atoms with van der Waals surface area (Å²) in [5.41, 5.74) is 10.2. The lowest BCUT2D eigenvalue weighted by Gasteiger charge is -2.09. The predicted octanol–water partition coefficient (Wildman–Crippen LogP) is 3.21. The maximum atomic E-state index is 12.8. The van der Waals surface area contributed by atoms with E-state index in [1.54, 1.807) is 18.3 Å². The van der Waals surface area contributed by atoms with Crippen molar-refractivity contribution >= 4 is 28.6 Å². The van der Waals surface area contributed by atoms with Gasteiger partial charge in [-0.25, -0.2) is 19.6 Å². The first kappa shape index (κ1) is 21.0. The molecule has 0 bridgehead atoms. The summed E-state index contributed by atoms with van der Waals surface area (Å²) in [4.78, 5) is 25.6. The summed E-state index contributed by atoms with van der Waals surface area (Å²) in [7, 11) is 0. The van der Waals surface area contributed by atoms with Crippen molar-refractivity contribution in [1.82, 2.24) is 30.0 Å². The highest BCUT2D eigenvalue weighted by Gasteiger charge is 2.24. The van der Waals surface area contributed by atoms with E-state index < -0.39 is 0 Å². The average Bonchev–Trinajstić information content (AvgIpc) is 3.48. The van der Waals surface area contributed by atoms with Gasteiger partial charge in [-0.15, -0.1) is 0 Å². The molecule has 168 valence electrons. The molecule has 1 unspecified atom stereocenters. The maximum Gasteiger partial charge on any atom is 0.256 e. The first-order valence-corrected chi connectivity index (χ1v) is 11.2. The highest BCUT2D eigenvalue weighted by atomic mass is 16.1. The summed E-state index contributed by atoms with van der Waals surface area (Å²) in [5, 5.41) is 11.8. The van der Waals surface area contributed by atoms with E-state index in [0.717, 1.165) is 60.2 Å². The molecule has 1 aliphatic heterocycles. The molecule has 5 rings (SSSR count). The lowest BCUT2D eigenvalue weighted by Crippen LogP contribution is -2.15. The molecule has 1 aromatic carbocycles. The number of anilines is 2. The highest BCUT2D eigenvalue weighted by molar-refractivity contribution is 6.04. The average molecular weight is 443 g/mol. The number of nitrogens with one attached hydrogen (secondary N) is 2. The normalized spacial score (nSPS) is 15.7. The van der Waals surface area contributed by atoms with Gasteiger partial charge in [-0.05, 0) is 49.2 Å². The molecule has 33 heavy (non-hydrogen) atoms. The van der Waals surface area contributed by atoms with Gasteiger partial charge in [0.2, 0.25) is 0 Å². The summed E-state index contributed by atoms with van der Waals surface area (Å²) in [6, 6.07) is 11.4. The van der Waals surface area contributed by atoms with Crippen molar-refractivity contribution < 1.29 is 4.79 Å². The Labute approximate surface area is 191 Å². The molecular weight excluding hydrogens is 416 g/mol. The maximum absolute atomic E-state index is 12.8. The molecule has 4 aromatic rings. The van der Waals surface area contributed by atoms with Gasteiger partial charge in [0.15, 0.2) is 5.65 Å². The van der Waals surface area contributed by atoms with E-state index in [-0.39, 0.29) is 11.9 Å². The molecule has 0 saturated carbocycles. The number of carbonyl (C=O) groups excluding carboxylic acids is 1. The minimum atomic E-state index is -0.210. The van der Waals surface area contributed by atoms with Crippen molar-refractivity contribution in [3.63, 3.8) is 0 Å².